The first-order valence-corrected chi connectivity index (χ1v) is 6.56. The Morgan fingerprint density at radius 3 is 2.86 bits per heavy atom. The molecule has 0 bridgehead atoms. The maximum Gasteiger partial charge on any atom is 0.238 e. The van der Waals surface area contributed by atoms with E-state index in [1.807, 2.05) is 13.0 Å². The third-order valence-electron chi connectivity index (χ3n) is 2.57. The third kappa shape index (κ3) is 3.55. The quantitative estimate of drug-likeness (QED) is 0.383. The van der Waals surface area contributed by atoms with Crippen molar-refractivity contribution in [2.24, 2.45) is 10.9 Å². The summed E-state index contributed by atoms with van der Waals surface area (Å²) in [5.41, 5.74) is 5.87. The zero-order valence-corrected chi connectivity index (χ0v) is 12.0. The first kappa shape index (κ1) is 14.9. The van der Waals surface area contributed by atoms with Crippen molar-refractivity contribution in [1.29, 1.82) is 0 Å². The van der Waals surface area contributed by atoms with E-state index >= 15 is 0 Å². The Hall–Kier alpha value is -2.47. The molecule has 0 unspecified atom stereocenters. The second-order valence-corrected chi connectivity index (χ2v) is 4.35. The second-order valence-electron chi connectivity index (χ2n) is 3.97. The maximum absolute atomic E-state index is 8.72. The van der Waals surface area contributed by atoms with E-state index in [0.29, 0.717) is 23.7 Å². The van der Waals surface area contributed by atoms with Gasteiger partial charge in [0.1, 0.15) is 16.5 Å². The predicted molar refractivity (Wildman–Crippen MR) is 79.4 cm³/mol. The van der Waals surface area contributed by atoms with Gasteiger partial charge in [-0.05, 0) is 25.1 Å². The number of benzene rings is 1. The largest absolute Gasteiger partial charge is 0.494 e. The smallest absolute Gasteiger partial charge is 0.238 e. The zero-order chi connectivity index (χ0) is 15.2. The summed E-state index contributed by atoms with van der Waals surface area (Å²) in [5, 5.41) is 11.8. The summed E-state index contributed by atoms with van der Waals surface area (Å²) in [6.07, 6.45) is 1.46. The average Bonchev–Trinajstić information content (AvgIpc) is 2.49. The Bertz CT molecular complexity index is 662. The molecule has 1 heterocycles. The molecule has 1 aromatic carbocycles. The van der Waals surface area contributed by atoms with Crippen LogP contribution in [0.4, 0.5) is 0 Å². The van der Waals surface area contributed by atoms with Gasteiger partial charge in [-0.3, -0.25) is 0 Å². The van der Waals surface area contributed by atoms with E-state index in [2.05, 4.69) is 10.1 Å². The minimum atomic E-state index is -0.115. The highest BCUT2D eigenvalue weighted by Gasteiger charge is 2.13. The van der Waals surface area contributed by atoms with Crippen LogP contribution < -0.4 is 15.2 Å². The Labute approximate surface area is 126 Å². The monoisotopic (exact) mass is 307 g/mol. The van der Waals surface area contributed by atoms with Crippen LogP contribution >= 0.6 is 11.6 Å². The minimum absolute atomic E-state index is 0.115. The van der Waals surface area contributed by atoms with Gasteiger partial charge >= 0.3 is 0 Å². The maximum atomic E-state index is 8.72. The predicted octanol–water partition coefficient (Wildman–Crippen LogP) is 3.02. The van der Waals surface area contributed by atoms with E-state index in [4.69, 9.17) is 32.0 Å². The summed E-state index contributed by atoms with van der Waals surface area (Å²) in [6.45, 7) is 2.45. The number of nitrogens with two attached hydrogens (primary N) is 1. The van der Waals surface area contributed by atoms with Crippen molar-refractivity contribution in [2.75, 3.05) is 6.61 Å². The number of halogens is 1. The molecule has 0 saturated carbocycles. The van der Waals surface area contributed by atoms with Crippen LogP contribution in [-0.4, -0.2) is 22.6 Å². The van der Waals surface area contributed by atoms with Crippen LogP contribution in [0.2, 0.25) is 5.02 Å². The second kappa shape index (κ2) is 6.81. The van der Waals surface area contributed by atoms with E-state index in [-0.39, 0.29) is 16.7 Å². The molecular formula is C14H14ClN3O3. The highest BCUT2D eigenvalue weighted by molar-refractivity contribution is 6.35. The summed E-state index contributed by atoms with van der Waals surface area (Å²) in [4.78, 5) is 4.04. The number of amidine groups is 1. The summed E-state index contributed by atoms with van der Waals surface area (Å²) in [7, 11) is 0. The van der Waals surface area contributed by atoms with Crippen molar-refractivity contribution >= 4 is 17.4 Å². The van der Waals surface area contributed by atoms with Crippen LogP contribution in [0.5, 0.6) is 17.4 Å². The molecule has 0 aliphatic heterocycles. The first-order valence-electron chi connectivity index (χ1n) is 6.18. The lowest BCUT2D eigenvalue weighted by Crippen LogP contribution is -2.14. The Morgan fingerprint density at radius 1 is 1.38 bits per heavy atom. The first-order chi connectivity index (χ1) is 10.2. The summed E-state index contributed by atoms with van der Waals surface area (Å²) in [5.74, 6) is 1.25. The third-order valence-corrected chi connectivity index (χ3v) is 2.94. The Morgan fingerprint density at radius 2 is 2.14 bits per heavy atom. The average molecular weight is 308 g/mol. The van der Waals surface area contributed by atoms with Gasteiger partial charge in [0.05, 0.1) is 6.61 Å². The fraction of sp³-hybridized carbons (Fsp3) is 0.143. The lowest BCUT2D eigenvalue weighted by Gasteiger charge is -2.10. The van der Waals surface area contributed by atoms with Crippen LogP contribution in [0.1, 0.15) is 12.5 Å². The molecule has 0 amide bonds. The lowest BCUT2D eigenvalue weighted by molar-refractivity contribution is 0.318. The van der Waals surface area contributed by atoms with Gasteiger partial charge in [-0.2, -0.15) is 0 Å². The van der Waals surface area contributed by atoms with Crippen LogP contribution in [0.15, 0.2) is 41.7 Å². The fourth-order valence-electron chi connectivity index (χ4n) is 1.65. The molecule has 0 saturated heterocycles. The number of hydrogen-bond acceptors (Lipinski definition) is 5. The standard InChI is InChI=1S/C14H14ClN3O3/c1-2-20-9-4-3-5-10(8-9)21-14-12(15)11(6-7-17-14)13(16)18-19/h3-8,19H,2H2,1H3,(H2,16,18). The number of oxime groups is 1. The SMILES string of the molecule is CCOc1cccc(Oc2nccc(/C(N)=N/O)c2Cl)c1. The molecule has 0 spiro atoms. The van der Waals surface area contributed by atoms with Gasteiger partial charge < -0.3 is 20.4 Å². The molecule has 1 aromatic heterocycles. The lowest BCUT2D eigenvalue weighted by atomic mass is 10.2. The van der Waals surface area contributed by atoms with Gasteiger partial charge in [0.2, 0.25) is 5.88 Å². The van der Waals surface area contributed by atoms with E-state index < -0.39 is 0 Å². The van der Waals surface area contributed by atoms with Crippen molar-refractivity contribution in [3.8, 4) is 17.4 Å². The van der Waals surface area contributed by atoms with Crippen LogP contribution in [0.3, 0.4) is 0 Å². The van der Waals surface area contributed by atoms with Gasteiger partial charge in [-0.15, -0.1) is 0 Å². The number of rotatable bonds is 5. The number of hydrogen-bond donors (Lipinski definition) is 2. The Kier molecular flexibility index (Phi) is 4.84. The molecule has 2 aromatic rings. The van der Waals surface area contributed by atoms with Crippen molar-refractivity contribution in [3.63, 3.8) is 0 Å². The zero-order valence-electron chi connectivity index (χ0n) is 11.3. The molecule has 0 aliphatic carbocycles. The van der Waals surface area contributed by atoms with Crippen molar-refractivity contribution in [3.05, 3.63) is 47.1 Å². The molecule has 21 heavy (non-hydrogen) atoms. The van der Waals surface area contributed by atoms with Crippen molar-refractivity contribution in [2.45, 2.75) is 6.92 Å². The van der Waals surface area contributed by atoms with E-state index in [1.54, 1.807) is 18.2 Å². The summed E-state index contributed by atoms with van der Waals surface area (Å²) in [6, 6.07) is 8.61. The molecule has 6 nitrogen and oxygen atoms in total. The molecule has 110 valence electrons. The highest BCUT2D eigenvalue weighted by atomic mass is 35.5. The van der Waals surface area contributed by atoms with Gasteiger partial charge in [0, 0.05) is 17.8 Å². The molecule has 0 aliphatic rings. The van der Waals surface area contributed by atoms with Gasteiger partial charge in [0.25, 0.3) is 0 Å². The van der Waals surface area contributed by atoms with Crippen molar-refractivity contribution < 1.29 is 14.7 Å². The van der Waals surface area contributed by atoms with Gasteiger partial charge in [-0.1, -0.05) is 22.8 Å². The highest BCUT2D eigenvalue weighted by Crippen LogP contribution is 2.31. The van der Waals surface area contributed by atoms with Gasteiger partial charge in [0.15, 0.2) is 5.84 Å². The molecule has 3 N–H and O–H groups in total. The number of ether oxygens (including phenoxy) is 2. The van der Waals surface area contributed by atoms with Crippen LogP contribution in [0, 0.1) is 0 Å². The van der Waals surface area contributed by atoms with E-state index in [1.165, 1.54) is 12.3 Å². The molecule has 0 radical (unpaired) electrons. The number of aromatic nitrogens is 1. The molecule has 7 heteroatoms. The van der Waals surface area contributed by atoms with Gasteiger partial charge in [-0.25, -0.2) is 4.98 Å². The number of nitrogens with zero attached hydrogens (tertiary/aromatic N) is 2. The molecule has 0 fully saturated rings. The number of pyridine rings is 1. The van der Waals surface area contributed by atoms with E-state index in [0.717, 1.165) is 0 Å². The Balaban J connectivity index is 2.30. The molecule has 0 atom stereocenters. The summed E-state index contributed by atoms with van der Waals surface area (Å²) >= 11 is 6.14. The fourth-order valence-corrected chi connectivity index (χ4v) is 1.90. The van der Waals surface area contributed by atoms with E-state index in [9.17, 15) is 0 Å². The van der Waals surface area contributed by atoms with Crippen LogP contribution in [0.25, 0.3) is 0 Å². The van der Waals surface area contributed by atoms with Crippen molar-refractivity contribution in [1.82, 2.24) is 4.98 Å². The van der Waals surface area contributed by atoms with Crippen LogP contribution in [-0.2, 0) is 0 Å². The summed E-state index contributed by atoms with van der Waals surface area (Å²) < 4.78 is 11.0. The normalized spacial score (nSPS) is 11.2. The molecule has 2 rings (SSSR count). The minimum Gasteiger partial charge on any atom is -0.494 e. The molecular weight excluding hydrogens is 294 g/mol. The topological polar surface area (TPSA) is 90.0 Å².